The number of hydrogen-bond donors (Lipinski definition) is 4. The number of nitrogens with one attached hydrogen (secondary N) is 1. The molecule has 2 aliphatic heterocycles. The van der Waals surface area contributed by atoms with Crippen molar-refractivity contribution in [1.29, 1.82) is 0 Å². The second-order valence-corrected chi connectivity index (χ2v) is 6.31. The molecule has 10 nitrogen and oxygen atoms in total. The number of nitrogens with zero attached hydrogens (tertiary/aromatic N) is 4. The summed E-state index contributed by atoms with van der Waals surface area (Å²) in [6.07, 6.45) is -0.891. The monoisotopic (exact) mass is 337 g/mol. The number of aliphatic hydroxyl groups is 3. The Balaban J connectivity index is 1.82. The van der Waals surface area contributed by atoms with E-state index in [2.05, 4.69) is 15.3 Å². The fourth-order valence-corrected chi connectivity index (χ4v) is 3.32. The van der Waals surface area contributed by atoms with Gasteiger partial charge in [0.05, 0.1) is 19.0 Å². The van der Waals surface area contributed by atoms with Crippen LogP contribution in [-0.2, 0) is 4.74 Å². The zero-order valence-electron chi connectivity index (χ0n) is 13.0. The highest BCUT2D eigenvalue weighted by molar-refractivity contribution is 5.71. The molecule has 4 heterocycles. The Morgan fingerprint density at radius 1 is 1.42 bits per heavy atom. The van der Waals surface area contributed by atoms with Crippen molar-refractivity contribution in [2.24, 2.45) is 0 Å². The van der Waals surface area contributed by atoms with Crippen molar-refractivity contribution in [1.82, 2.24) is 19.1 Å². The van der Waals surface area contributed by atoms with Crippen LogP contribution in [0.2, 0.25) is 0 Å². The average Bonchev–Trinajstić information content (AvgIpc) is 3.09. The molecule has 2 aromatic heterocycles. The van der Waals surface area contributed by atoms with Gasteiger partial charge in [0.1, 0.15) is 18.6 Å². The number of imidazole rings is 1. The molecular weight excluding hydrogens is 318 g/mol. The van der Waals surface area contributed by atoms with Crippen molar-refractivity contribution in [3.05, 3.63) is 16.7 Å². The number of fused-ring (bicyclic) bond motifs is 2. The Labute approximate surface area is 136 Å². The highest BCUT2D eigenvalue weighted by Gasteiger charge is 2.36. The van der Waals surface area contributed by atoms with Crippen molar-refractivity contribution < 1.29 is 20.1 Å². The Hall–Kier alpha value is -2.01. The first-order chi connectivity index (χ1) is 11.5. The molecule has 4 N–H and O–H groups in total. The first-order valence-corrected chi connectivity index (χ1v) is 7.87. The molecule has 0 bridgehead atoms. The smallest absolute Gasteiger partial charge is 0.285 e. The Kier molecular flexibility index (Phi) is 3.57. The van der Waals surface area contributed by atoms with Gasteiger partial charge in [0.2, 0.25) is 5.95 Å². The number of aromatic nitrogens is 4. The third kappa shape index (κ3) is 2.22. The van der Waals surface area contributed by atoms with Crippen LogP contribution < -0.4 is 10.9 Å². The summed E-state index contributed by atoms with van der Waals surface area (Å²) in [4.78, 5) is 21.2. The van der Waals surface area contributed by atoms with E-state index in [4.69, 9.17) is 4.74 Å². The number of aliphatic hydroxyl groups excluding tert-OH is 3. The van der Waals surface area contributed by atoms with E-state index in [0.29, 0.717) is 12.1 Å². The van der Waals surface area contributed by atoms with Gasteiger partial charge in [-0.05, 0) is 6.92 Å². The molecule has 2 aromatic rings. The molecule has 0 aliphatic carbocycles. The van der Waals surface area contributed by atoms with E-state index in [1.165, 1.54) is 10.9 Å². The lowest BCUT2D eigenvalue weighted by Gasteiger charge is -2.28. The van der Waals surface area contributed by atoms with E-state index in [0.717, 1.165) is 0 Å². The summed E-state index contributed by atoms with van der Waals surface area (Å²) < 4.78 is 8.37. The van der Waals surface area contributed by atoms with E-state index >= 15 is 0 Å². The lowest BCUT2D eigenvalue weighted by atomic mass is 10.2. The van der Waals surface area contributed by atoms with Gasteiger partial charge in [-0.3, -0.25) is 9.36 Å². The second-order valence-electron chi connectivity index (χ2n) is 6.31. The molecule has 24 heavy (non-hydrogen) atoms. The molecule has 0 radical (unpaired) electrons. The van der Waals surface area contributed by atoms with E-state index < -0.39 is 30.2 Å². The second kappa shape index (κ2) is 5.52. The highest BCUT2D eigenvalue weighted by Crippen LogP contribution is 2.31. The van der Waals surface area contributed by atoms with Crippen LogP contribution in [0.4, 0.5) is 5.95 Å². The molecule has 1 saturated heterocycles. The molecule has 5 atom stereocenters. The number of ether oxygens (including phenoxy) is 1. The summed E-state index contributed by atoms with van der Waals surface area (Å²) in [5.41, 5.74) is 0.00781. The quantitative estimate of drug-likeness (QED) is 0.544. The normalized spacial score (nSPS) is 32.8. The van der Waals surface area contributed by atoms with E-state index in [1.54, 1.807) is 4.57 Å². The summed E-state index contributed by atoms with van der Waals surface area (Å²) in [5.74, 6) is 0.276. The maximum atomic E-state index is 12.6. The van der Waals surface area contributed by atoms with Gasteiger partial charge in [0.15, 0.2) is 11.2 Å². The predicted octanol–water partition coefficient (Wildman–Crippen LogP) is -1.07. The Morgan fingerprint density at radius 2 is 2.21 bits per heavy atom. The molecule has 1 fully saturated rings. The minimum absolute atomic E-state index is 0.0240. The third-order valence-corrected chi connectivity index (χ3v) is 4.56. The SMILES string of the molecule is CC1CC(O)n2c(nc3c(ncn3[C@@H]3C[C@H](O)[C@@H](CO)O3)c2=O)N1. The molecule has 4 rings (SSSR count). The topological polar surface area (TPSA) is 135 Å². The van der Waals surface area contributed by atoms with Crippen molar-refractivity contribution in [2.75, 3.05) is 11.9 Å². The molecule has 0 spiro atoms. The first kappa shape index (κ1) is 15.5. The molecule has 0 aromatic carbocycles. The number of hydrogen-bond acceptors (Lipinski definition) is 8. The van der Waals surface area contributed by atoms with Crippen LogP contribution in [0.3, 0.4) is 0 Å². The first-order valence-electron chi connectivity index (χ1n) is 7.87. The lowest BCUT2D eigenvalue weighted by Crippen LogP contribution is -2.38. The van der Waals surface area contributed by atoms with Gasteiger partial charge < -0.3 is 25.4 Å². The van der Waals surface area contributed by atoms with Gasteiger partial charge in [-0.2, -0.15) is 4.98 Å². The van der Waals surface area contributed by atoms with Crippen molar-refractivity contribution >= 4 is 17.1 Å². The Bertz CT molecular complexity index is 833. The maximum Gasteiger partial charge on any atom is 0.285 e. The lowest BCUT2D eigenvalue weighted by molar-refractivity contribution is -0.0432. The largest absolute Gasteiger partial charge is 0.394 e. The van der Waals surface area contributed by atoms with Gasteiger partial charge in [0.25, 0.3) is 5.56 Å². The van der Waals surface area contributed by atoms with E-state index in [-0.39, 0.29) is 30.5 Å². The Morgan fingerprint density at radius 3 is 2.92 bits per heavy atom. The zero-order valence-corrected chi connectivity index (χ0v) is 13.0. The highest BCUT2D eigenvalue weighted by atomic mass is 16.5. The molecule has 2 unspecified atom stereocenters. The summed E-state index contributed by atoms with van der Waals surface area (Å²) in [6.45, 7) is 1.60. The van der Waals surface area contributed by atoms with Gasteiger partial charge in [-0.15, -0.1) is 0 Å². The summed E-state index contributed by atoms with van der Waals surface area (Å²) in [6, 6.07) is -0.0240. The van der Waals surface area contributed by atoms with Crippen LogP contribution in [0.25, 0.3) is 11.2 Å². The number of anilines is 1. The number of rotatable bonds is 2. The summed E-state index contributed by atoms with van der Waals surface area (Å²) >= 11 is 0. The average molecular weight is 337 g/mol. The fourth-order valence-electron chi connectivity index (χ4n) is 3.32. The van der Waals surface area contributed by atoms with Gasteiger partial charge >= 0.3 is 0 Å². The minimum atomic E-state index is -0.950. The van der Waals surface area contributed by atoms with Gasteiger partial charge in [-0.25, -0.2) is 9.55 Å². The zero-order chi connectivity index (χ0) is 17.0. The van der Waals surface area contributed by atoms with Crippen LogP contribution in [-0.4, -0.2) is 59.3 Å². The van der Waals surface area contributed by atoms with Crippen LogP contribution in [0, 0.1) is 0 Å². The standard InChI is InChI=1S/C14H19N5O5/c1-6-2-9(22)19-13(23)11-12(17-14(19)16-6)18(5-15-11)10-3-7(21)8(4-20)24-10/h5-10,20-22H,2-4H2,1H3,(H,16,17)/t6?,7-,8+,9?,10-/m0/s1. The van der Waals surface area contributed by atoms with Crippen molar-refractivity contribution in [2.45, 2.75) is 50.5 Å². The van der Waals surface area contributed by atoms with E-state index in [9.17, 15) is 20.1 Å². The molecule has 0 amide bonds. The van der Waals surface area contributed by atoms with Crippen molar-refractivity contribution in [3.63, 3.8) is 0 Å². The summed E-state index contributed by atoms with van der Waals surface area (Å²) in [7, 11) is 0. The van der Waals surface area contributed by atoms with Crippen LogP contribution in [0.15, 0.2) is 11.1 Å². The molecule has 130 valence electrons. The third-order valence-electron chi connectivity index (χ3n) is 4.56. The molecular formula is C14H19N5O5. The summed E-state index contributed by atoms with van der Waals surface area (Å²) in [5, 5.41) is 32.3. The molecule has 2 aliphatic rings. The molecule has 10 heteroatoms. The van der Waals surface area contributed by atoms with Crippen molar-refractivity contribution in [3.8, 4) is 0 Å². The van der Waals surface area contributed by atoms with Crippen LogP contribution in [0.1, 0.15) is 32.2 Å². The minimum Gasteiger partial charge on any atom is -0.394 e. The molecule has 0 saturated carbocycles. The van der Waals surface area contributed by atoms with Crippen LogP contribution in [0.5, 0.6) is 0 Å². The maximum absolute atomic E-state index is 12.6. The van der Waals surface area contributed by atoms with Crippen LogP contribution >= 0.6 is 0 Å². The van der Waals surface area contributed by atoms with E-state index in [1.807, 2.05) is 6.92 Å². The van der Waals surface area contributed by atoms with Gasteiger partial charge in [0, 0.05) is 18.9 Å². The van der Waals surface area contributed by atoms with Gasteiger partial charge in [-0.1, -0.05) is 0 Å². The predicted molar refractivity (Wildman–Crippen MR) is 82.4 cm³/mol. The fraction of sp³-hybridized carbons (Fsp3) is 0.643.